The van der Waals surface area contributed by atoms with Crippen LogP contribution in [0.3, 0.4) is 0 Å². The van der Waals surface area contributed by atoms with E-state index in [-0.39, 0.29) is 16.6 Å². The maximum atomic E-state index is 13.1. The number of hydrogen-bond donors (Lipinski definition) is 1. The molecule has 0 saturated carbocycles. The highest BCUT2D eigenvalue weighted by Crippen LogP contribution is 2.19. The maximum Gasteiger partial charge on any atom is 0.338 e. The Labute approximate surface area is 149 Å². The minimum absolute atomic E-state index is 0.0695. The lowest BCUT2D eigenvalue weighted by Crippen LogP contribution is -2.31. The van der Waals surface area contributed by atoms with E-state index < -0.39 is 24.3 Å². The van der Waals surface area contributed by atoms with Gasteiger partial charge in [0.1, 0.15) is 11.6 Å². The molecule has 0 fully saturated rings. The topological polar surface area (TPSA) is 64.6 Å². The van der Waals surface area contributed by atoms with Gasteiger partial charge in [-0.25, -0.2) is 9.18 Å². The number of benzene rings is 2. The molecule has 132 valence electrons. The molecule has 7 heteroatoms. The Kier molecular flexibility index (Phi) is 6.36. The zero-order chi connectivity index (χ0) is 18.4. The fraction of sp³-hybridized carbons (Fsp3) is 0.222. The van der Waals surface area contributed by atoms with Crippen LogP contribution in [0.2, 0.25) is 5.02 Å². The van der Waals surface area contributed by atoms with E-state index >= 15 is 0 Å². The van der Waals surface area contributed by atoms with Gasteiger partial charge in [0, 0.05) is 0 Å². The minimum Gasteiger partial charge on any atom is -0.497 e. The molecule has 1 amide bonds. The highest BCUT2D eigenvalue weighted by atomic mass is 35.5. The Balaban J connectivity index is 1.89. The molecular formula is C18H17ClFNO4. The van der Waals surface area contributed by atoms with Gasteiger partial charge in [-0.2, -0.15) is 0 Å². The van der Waals surface area contributed by atoms with E-state index in [0.717, 1.165) is 17.7 Å². The van der Waals surface area contributed by atoms with Gasteiger partial charge in [0.2, 0.25) is 0 Å². The zero-order valence-electron chi connectivity index (χ0n) is 13.7. The predicted molar refractivity (Wildman–Crippen MR) is 91.2 cm³/mol. The first-order chi connectivity index (χ1) is 11.9. The number of ether oxygens (including phenoxy) is 2. The summed E-state index contributed by atoms with van der Waals surface area (Å²) in [7, 11) is 1.56. The summed E-state index contributed by atoms with van der Waals surface area (Å²) < 4.78 is 23.1. The first-order valence-corrected chi connectivity index (χ1v) is 7.84. The van der Waals surface area contributed by atoms with Gasteiger partial charge in [0.15, 0.2) is 6.61 Å². The molecule has 1 N–H and O–H groups in total. The van der Waals surface area contributed by atoms with Crippen LogP contribution < -0.4 is 10.1 Å². The fourth-order valence-electron chi connectivity index (χ4n) is 2.11. The number of nitrogens with one attached hydrogen (secondary N) is 1. The normalized spacial score (nSPS) is 11.5. The van der Waals surface area contributed by atoms with Crippen molar-refractivity contribution in [3.05, 3.63) is 64.4 Å². The Hall–Kier alpha value is -2.60. The monoisotopic (exact) mass is 365 g/mol. The molecule has 0 saturated heterocycles. The molecule has 0 heterocycles. The largest absolute Gasteiger partial charge is 0.497 e. The van der Waals surface area contributed by atoms with Crippen molar-refractivity contribution in [3.8, 4) is 5.75 Å². The quantitative estimate of drug-likeness (QED) is 0.795. The molecule has 0 aliphatic carbocycles. The van der Waals surface area contributed by atoms with Gasteiger partial charge in [-0.3, -0.25) is 4.79 Å². The third kappa shape index (κ3) is 5.19. The smallest absolute Gasteiger partial charge is 0.338 e. The molecule has 0 aromatic heterocycles. The number of amides is 1. The van der Waals surface area contributed by atoms with E-state index in [1.807, 2.05) is 12.1 Å². The van der Waals surface area contributed by atoms with Gasteiger partial charge in [0.05, 0.1) is 23.7 Å². The second-order valence-electron chi connectivity index (χ2n) is 5.27. The second kappa shape index (κ2) is 8.48. The maximum absolute atomic E-state index is 13.1. The van der Waals surface area contributed by atoms with E-state index in [1.165, 1.54) is 6.07 Å². The second-order valence-corrected chi connectivity index (χ2v) is 5.68. The summed E-state index contributed by atoms with van der Waals surface area (Å²) in [6, 6.07) is 10.4. The van der Waals surface area contributed by atoms with Gasteiger partial charge in [-0.15, -0.1) is 0 Å². The van der Waals surface area contributed by atoms with Crippen molar-refractivity contribution in [1.82, 2.24) is 5.32 Å². The first-order valence-electron chi connectivity index (χ1n) is 7.46. The number of hydrogen-bond acceptors (Lipinski definition) is 4. The van der Waals surface area contributed by atoms with Crippen molar-refractivity contribution >= 4 is 23.5 Å². The van der Waals surface area contributed by atoms with Crippen LogP contribution in [-0.4, -0.2) is 25.6 Å². The summed E-state index contributed by atoms with van der Waals surface area (Å²) in [6.07, 6.45) is 0. The lowest BCUT2D eigenvalue weighted by molar-refractivity contribution is -0.124. The van der Waals surface area contributed by atoms with Gasteiger partial charge < -0.3 is 14.8 Å². The van der Waals surface area contributed by atoms with Crippen LogP contribution in [0.15, 0.2) is 42.5 Å². The minimum atomic E-state index is -0.758. The van der Waals surface area contributed by atoms with Crippen LogP contribution in [0.25, 0.3) is 0 Å². The van der Waals surface area contributed by atoms with E-state index in [2.05, 4.69) is 5.32 Å². The van der Waals surface area contributed by atoms with Crippen LogP contribution >= 0.6 is 11.6 Å². The zero-order valence-corrected chi connectivity index (χ0v) is 14.5. The molecular weight excluding hydrogens is 349 g/mol. The molecule has 5 nitrogen and oxygen atoms in total. The van der Waals surface area contributed by atoms with Crippen molar-refractivity contribution in [2.24, 2.45) is 0 Å². The molecule has 2 aromatic rings. The summed E-state index contributed by atoms with van der Waals surface area (Å²) in [5.41, 5.74) is 0.921. The highest BCUT2D eigenvalue weighted by molar-refractivity contribution is 6.31. The number of carbonyl (C=O) groups excluding carboxylic acids is 2. The van der Waals surface area contributed by atoms with E-state index in [1.54, 1.807) is 26.2 Å². The van der Waals surface area contributed by atoms with Crippen molar-refractivity contribution in [1.29, 1.82) is 0 Å². The van der Waals surface area contributed by atoms with Crippen LogP contribution in [-0.2, 0) is 9.53 Å². The van der Waals surface area contributed by atoms with Crippen LogP contribution in [0.4, 0.5) is 4.39 Å². The Morgan fingerprint density at radius 3 is 2.68 bits per heavy atom. The Morgan fingerprint density at radius 2 is 2.00 bits per heavy atom. The summed E-state index contributed by atoms with van der Waals surface area (Å²) in [5, 5.41) is 2.53. The number of esters is 1. The molecule has 1 atom stereocenters. The average molecular weight is 366 g/mol. The van der Waals surface area contributed by atoms with Crippen molar-refractivity contribution in [2.75, 3.05) is 13.7 Å². The lowest BCUT2D eigenvalue weighted by atomic mass is 10.1. The van der Waals surface area contributed by atoms with Crippen LogP contribution in [0, 0.1) is 5.82 Å². The first kappa shape index (κ1) is 18.7. The molecule has 25 heavy (non-hydrogen) atoms. The Morgan fingerprint density at radius 1 is 1.24 bits per heavy atom. The van der Waals surface area contributed by atoms with Crippen LogP contribution in [0.1, 0.15) is 28.9 Å². The summed E-state index contributed by atoms with van der Waals surface area (Å²) in [6.45, 7) is 1.34. The molecule has 0 aliphatic heterocycles. The summed E-state index contributed by atoms with van der Waals surface area (Å²) in [5.74, 6) is -1.18. The summed E-state index contributed by atoms with van der Waals surface area (Å²) >= 11 is 5.61. The van der Waals surface area contributed by atoms with Gasteiger partial charge in [0.25, 0.3) is 5.91 Å². The van der Waals surface area contributed by atoms with E-state index in [9.17, 15) is 14.0 Å². The molecule has 0 radical (unpaired) electrons. The van der Waals surface area contributed by atoms with Crippen molar-refractivity contribution in [3.63, 3.8) is 0 Å². The average Bonchev–Trinajstić information content (AvgIpc) is 2.62. The van der Waals surface area contributed by atoms with Gasteiger partial charge in [-0.1, -0.05) is 23.7 Å². The van der Waals surface area contributed by atoms with Crippen molar-refractivity contribution < 1.29 is 23.5 Å². The Bertz CT molecular complexity index is 781. The molecule has 0 aliphatic rings. The number of carbonyl (C=O) groups is 2. The third-order valence-corrected chi connectivity index (χ3v) is 3.75. The van der Waals surface area contributed by atoms with Gasteiger partial charge in [-0.05, 0) is 42.8 Å². The molecule has 2 aromatic carbocycles. The van der Waals surface area contributed by atoms with E-state index in [0.29, 0.717) is 5.75 Å². The number of methoxy groups -OCH3 is 1. The van der Waals surface area contributed by atoms with Gasteiger partial charge >= 0.3 is 5.97 Å². The SMILES string of the molecule is COc1cccc([C@@H](C)NC(=O)COC(=O)c2ccc(F)c(Cl)c2)c1. The predicted octanol–water partition coefficient (Wildman–Crippen LogP) is 3.52. The molecule has 2 rings (SSSR count). The summed E-state index contributed by atoms with van der Waals surface area (Å²) in [4.78, 5) is 23.8. The number of halogens is 2. The molecule has 0 spiro atoms. The van der Waals surface area contributed by atoms with Crippen molar-refractivity contribution in [2.45, 2.75) is 13.0 Å². The third-order valence-electron chi connectivity index (χ3n) is 3.46. The number of rotatable bonds is 6. The fourth-order valence-corrected chi connectivity index (χ4v) is 2.30. The molecule has 0 unspecified atom stereocenters. The van der Waals surface area contributed by atoms with Crippen LogP contribution in [0.5, 0.6) is 5.75 Å². The van der Waals surface area contributed by atoms with E-state index in [4.69, 9.17) is 21.1 Å². The lowest BCUT2D eigenvalue weighted by Gasteiger charge is -2.15. The molecule has 0 bridgehead atoms. The standard InChI is InChI=1S/C18H17ClFNO4/c1-11(12-4-3-5-14(8-12)24-2)21-17(22)10-25-18(23)13-6-7-16(20)15(19)9-13/h3-9,11H,10H2,1-2H3,(H,21,22)/t11-/m1/s1. The highest BCUT2D eigenvalue weighted by Gasteiger charge is 2.14.